The molecule has 0 spiro atoms. The number of fused-ring (bicyclic) bond motifs is 1. The summed E-state index contributed by atoms with van der Waals surface area (Å²) in [6.45, 7) is 0.519. The van der Waals surface area contributed by atoms with Gasteiger partial charge < -0.3 is 24.2 Å². The predicted molar refractivity (Wildman–Crippen MR) is 112 cm³/mol. The quantitative estimate of drug-likeness (QED) is 0.699. The van der Waals surface area contributed by atoms with Crippen LogP contribution in [0, 0.1) is 0 Å². The minimum atomic E-state index is -0.554. The number of carbonyl (C=O) groups is 1. The third kappa shape index (κ3) is 3.69. The summed E-state index contributed by atoms with van der Waals surface area (Å²) in [5, 5.41) is 10.9. The van der Waals surface area contributed by atoms with Crippen LogP contribution in [0.1, 0.15) is 22.1 Å². The number of pyridine rings is 1. The highest BCUT2D eigenvalue weighted by Crippen LogP contribution is 2.36. The second kappa shape index (κ2) is 8.69. The van der Waals surface area contributed by atoms with Crippen molar-refractivity contribution in [2.75, 3.05) is 34.0 Å². The number of hydrogen-bond acceptors (Lipinski definition) is 6. The van der Waals surface area contributed by atoms with Crippen molar-refractivity contribution >= 4 is 16.8 Å². The first-order valence-electron chi connectivity index (χ1n) is 9.77. The van der Waals surface area contributed by atoms with Crippen LogP contribution in [0.25, 0.3) is 10.9 Å². The van der Waals surface area contributed by atoms with E-state index in [-0.39, 0.29) is 12.5 Å². The van der Waals surface area contributed by atoms with Gasteiger partial charge >= 0.3 is 0 Å². The van der Waals surface area contributed by atoms with Gasteiger partial charge in [0.2, 0.25) is 0 Å². The molecule has 0 aliphatic carbocycles. The molecule has 1 fully saturated rings. The zero-order valence-corrected chi connectivity index (χ0v) is 16.9. The summed E-state index contributed by atoms with van der Waals surface area (Å²) in [4.78, 5) is 19.7. The largest absolute Gasteiger partial charge is 0.493 e. The van der Waals surface area contributed by atoms with Crippen LogP contribution in [0.5, 0.6) is 11.5 Å². The monoisotopic (exact) mass is 408 g/mol. The zero-order valence-electron chi connectivity index (χ0n) is 16.9. The number of aliphatic hydroxyl groups excluding tert-OH is 1. The Morgan fingerprint density at radius 2 is 1.93 bits per heavy atom. The van der Waals surface area contributed by atoms with Gasteiger partial charge in [-0.05, 0) is 29.8 Å². The van der Waals surface area contributed by atoms with Gasteiger partial charge in [-0.15, -0.1) is 0 Å². The highest BCUT2D eigenvalue weighted by Gasteiger charge is 2.37. The van der Waals surface area contributed by atoms with Crippen LogP contribution in [0.4, 0.5) is 0 Å². The third-order valence-corrected chi connectivity index (χ3v) is 5.36. The van der Waals surface area contributed by atoms with Crippen molar-refractivity contribution in [3.05, 3.63) is 65.9 Å². The van der Waals surface area contributed by atoms with E-state index in [1.54, 1.807) is 31.3 Å². The minimum absolute atomic E-state index is 0.206. The molecule has 7 nitrogen and oxygen atoms in total. The molecule has 7 heteroatoms. The fraction of sp³-hybridized carbons (Fsp3) is 0.304. The number of nitrogens with zero attached hydrogens (tertiary/aromatic N) is 2. The molecular weight excluding hydrogens is 384 g/mol. The molecule has 0 radical (unpaired) electrons. The van der Waals surface area contributed by atoms with Gasteiger partial charge in [-0.2, -0.15) is 0 Å². The first kappa shape index (κ1) is 20.1. The summed E-state index contributed by atoms with van der Waals surface area (Å²) >= 11 is 0. The number of morpholine rings is 1. The van der Waals surface area contributed by atoms with Gasteiger partial charge in [0.05, 0.1) is 39.0 Å². The Morgan fingerprint density at radius 1 is 1.13 bits per heavy atom. The van der Waals surface area contributed by atoms with Crippen molar-refractivity contribution in [1.29, 1.82) is 0 Å². The normalized spacial score (nSPS) is 19.0. The first-order valence-corrected chi connectivity index (χ1v) is 9.77. The second-order valence-electron chi connectivity index (χ2n) is 7.04. The van der Waals surface area contributed by atoms with Crippen LogP contribution < -0.4 is 9.47 Å². The lowest BCUT2D eigenvalue weighted by molar-refractivity contribution is -0.0813. The lowest BCUT2D eigenvalue weighted by Crippen LogP contribution is -2.49. The van der Waals surface area contributed by atoms with Crippen LogP contribution in [0.2, 0.25) is 0 Å². The lowest BCUT2D eigenvalue weighted by atomic mass is 9.97. The maximum Gasteiger partial charge on any atom is 0.273 e. The van der Waals surface area contributed by atoms with Crippen molar-refractivity contribution in [3.8, 4) is 11.5 Å². The van der Waals surface area contributed by atoms with Gasteiger partial charge in [0.1, 0.15) is 11.8 Å². The van der Waals surface area contributed by atoms with Gasteiger partial charge in [0, 0.05) is 11.9 Å². The third-order valence-electron chi connectivity index (χ3n) is 5.36. The highest BCUT2D eigenvalue weighted by molar-refractivity contribution is 5.95. The molecule has 1 amide bonds. The Labute approximate surface area is 174 Å². The Bertz CT molecular complexity index is 1050. The molecule has 1 aliphatic rings. The lowest BCUT2D eigenvalue weighted by Gasteiger charge is -2.40. The zero-order chi connectivity index (χ0) is 21.1. The molecule has 4 rings (SSSR count). The summed E-state index contributed by atoms with van der Waals surface area (Å²) < 4.78 is 16.5. The summed E-state index contributed by atoms with van der Waals surface area (Å²) in [5.41, 5.74) is 1.91. The number of benzene rings is 2. The summed E-state index contributed by atoms with van der Waals surface area (Å²) in [7, 11) is 3.13. The molecule has 156 valence electrons. The van der Waals surface area contributed by atoms with Gasteiger partial charge in [0.15, 0.2) is 11.5 Å². The molecule has 1 N–H and O–H groups in total. The molecule has 1 aliphatic heterocycles. The Morgan fingerprint density at radius 3 is 2.70 bits per heavy atom. The maximum absolute atomic E-state index is 13.4. The van der Waals surface area contributed by atoms with E-state index in [1.165, 1.54) is 0 Å². The molecule has 1 saturated heterocycles. The van der Waals surface area contributed by atoms with E-state index in [1.807, 2.05) is 42.5 Å². The maximum atomic E-state index is 13.4. The van der Waals surface area contributed by atoms with E-state index in [4.69, 9.17) is 14.2 Å². The van der Waals surface area contributed by atoms with Crippen LogP contribution in [0.15, 0.2) is 54.6 Å². The molecule has 2 aromatic carbocycles. The SMILES string of the molecule is COc1ccc([C@H]2[C@H](CO)OCCN2C(=O)c2ccc3ccccc3n2)cc1OC. The fourth-order valence-electron chi connectivity index (χ4n) is 3.88. The molecule has 0 bridgehead atoms. The molecule has 3 aromatic rings. The number of carbonyl (C=O) groups excluding carboxylic acids is 1. The molecule has 30 heavy (non-hydrogen) atoms. The number of aliphatic hydroxyl groups is 1. The number of ether oxygens (including phenoxy) is 3. The van der Waals surface area contributed by atoms with E-state index in [0.29, 0.717) is 30.3 Å². The summed E-state index contributed by atoms with van der Waals surface area (Å²) in [6, 6.07) is 16.3. The van der Waals surface area contributed by atoms with Crippen LogP contribution >= 0.6 is 0 Å². The Kier molecular flexibility index (Phi) is 5.83. The number of amides is 1. The van der Waals surface area contributed by atoms with E-state index >= 15 is 0 Å². The highest BCUT2D eigenvalue weighted by atomic mass is 16.5. The van der Waals surface area contributed by atoms with E-state index < -0.39 is 12.1 Å². The molecule has 0 saturated carbocycles. The number of para-hydroxylation sites is 1. The molecule has 1 aromatic heterocycles. The summed E-state index contributed by atoms with van der Waals surface area (Å²) in [5.74, 6) is 0.934. The molecular formula is C23H24N2O5. The molecule has 2 atom stereocenters. The average molecular weight is 408 g/mol. The van der Waals surface area contributed by atoms with Gasteiger partial charge in [-0.1, -0.05) is 30.3 Å². The van der Waals surface area contributed by atoms with E-state index in [0.717, 1.165) is 16.5 Å². The van der Waals surface area contributed by atoms with Gasteiger partial charge in [-0.3, -0.25) is 4.79 Å². The Hall–Kier alpha value is -3.16. The fourth-order valence-corrected chi connectivity index (χ4v) is 3.88. The van der Waals surface area contributed by atoms with Crippen molar-refractivity contribution in [2.45, 2.75) is 12.1 Å². The predicted octanol–water partition coefficient (Wildman–Crippen LogP) is 2.83. The number of methoxy groups -OCH3 is 2. The topological polar surface area (TPSA) is 81.1 Å². The standard InChI is InChI=1S/C23H24N2O5/c1-28-19-10-8-16(13-20(19)29-2)22-21(14-26)30-12-11-25(22)23(27)18-9-7-15-5-3-4-6-17(15)24-18/h3-10,13,21-22,26H,11-12,14H2,1-2H3/t21-,22-/m0/s1. The van der Waals surface area contributed by atoms with Crippen molar-refractivity contribution in [2.24, 2.45) is 0 Å². The van der Waals surface area contributed by atoms with Crippen LogP contribution in [-0.2, 0) is 4.74 Å². The number of rotatable bonds is 5. The molecule has 2 heterocycles. The first-order chi connectivity index (χ1) is 14.7. The van der Waals surface area contributed by atoms with E-state index in [2.05, 4.69) is 4.98 Å². The van der Waals surface area contributed by atoms with Crippen molar-refractivity contribution in [3.63, 3.8) is 0 Å². The van der Waals surface area contributed by atoms with Gasteiger partial charge in [0.25, 0.3) is 5.91 Å². The van der Waals surface area contributed by atoms with Crippen LogP contribution in [0.3, 0.4) is 0 Å². The second-order valence-corrected chi connectivity index (χ2v) is 7.04. The van der Waals surface area contributed by atoms with Crippen molar-refractivity contribution < 1.29 is 24.1 Å². The molecule has 0 unspecified atom stereocenters. The summed E-state index contributed by atoms with van der Waals surface area (Å²) in [6.07, 6.45) is -0.554. The number of hydrogen-bond donors (Lipinski definition) is 1. The van der Waals surface area contributed by atoms with Crippen LogP contribution in [-0.4, -0.2) is 61.0 Å². The average Bonchev–Trinajstić information content (AvgIpc) is 2.82. The number of aromatic nitrogens is 1. The van der Waals surface area contributed by atoms with Gasteiger partial charge in [-0.25, -0.2) is 4.98 Å². The van der Waals surface area contributed by atoms with Crippen molar-refractivity contribution in [1.82, 2.24) is 9.88 Å². The Balaban J connectivity index is 1.73. The smallest absolute Gasteiger partial charge is 0.273 e. The minimum Gasteiger partial charge on any atom is -0.493 e. The van der Waals surface area contributed by atoms with E-state index in [9.17, 15) is 9.90 Å².